The van der Waals surface area contributed by atoms with Crippen LogP contribution in [0.4, 0.5) is 0 Å². The molecule has 0 fully saturated rings. The molecule has 0 atom stereocenters. The van der Waals surface area contributed by atoms with Crippen LogP contribution in [0.3, 0.4) is 0 Å². The highest BCUT2D eigenvalue weighted by Gasteiger charge is 2.26. The summed E-state index contributed by atoms with van der Waals surface area (Å²) in [5.41, 5.74) is 2.94. The summed E-state index contributed by atoms with van der Waals surface area (Å²) >= 11 is 0. The Morgan fingerprint density at radius 2 is 2.25 bits per heavy atom. The summed E-state index contributed by atoms with van der Waals surface area (Å²) in [7, 11) is 0. The fourth-order valence-corrected chi connectivity index (χ4v) is 2.58. The summed E-state index contributed by atoms with van der Waals surface area (Å²) in [4.78, 5) is 15.3. The highest BCUT2D eigenvalue weighted by molar-refractivity contribution is 6.12. The Bertz CT molecular complexity index is 725. The molecule has 0 saturated carbocycles. The van der Waals surface area contributed by atoms with Crippen LogP contribution in [0.15, 0.2) is 42.7 Å². The van der Waals surface area contributed by atoms with Gasteiger partial charge in [0.05, 0.1) is 12.0 Å². The molecule has 1 heterocycles. The maximum atomic E-state index is 12.2. The fraction of sp³-hybridized carbons (Fsp3) is 0.188. The van der Waals surface area contributed by atoms with Gasteiger partial charge in [-0.3, -0.25) is 4.79 Å². The molecular weight excluding hydrogens is 254 g/mol. The van der Waals surface area contributed by atoms with Crippen molar-refractivity contribution in [2.24, 2.45) is 0 Å². The molecule has 20 heavy (non-hydrogen) atoms. The molecule has 102 valence electrons. The van der Waals surface area contributed by atoms with Crippen molar-refractivity contribution in [1.82, 2.24) is 4.98 Å². The van der Waals surface area contributed by atoms with E-state index < -0.39 is 0 Å². The molecule has 4 heteroatoms. The molecule has 0 aliphatic heterocycles. The maximum Gasteiger partial charge on any atom is 0.208 e. The minimum Gasteiger partial charge on any atom is -0.515 e. The zero-order chi connectivity index (χ0) is 14.1. The predicted molar refractivity (Wildman–Crippen MR) is 77.4 cm³/mol. The zero-order valence-corrected chi connectivity index (χ0v) is 11.0. The van der Waals surface area contributed by atoms with Crippen LogP contribution in [0.25, 0.3) is 10.9 Å². The Balaban J connectivity index is 2.09. The van der Waals surface area contributed by atoms with Crippen molar-refractivity contribution in [3.63, 3.8) is 0 Å². The van der Waals surface area contributed by atoms with Crippen LogP contribution < -0.4 is 4.74 Å². The number of aromatic amines is 1. The number of aromatic nitrogens is 1. The van der Waals surface area contributed by atoms with Crippen LogP contribution in [0.5, 0.6) is 5.75 Å². The minimum atomic E-state index is -0.126. The van der Waals surface area contributed by atoms with Crippen molar-refractivity contribution in [3.05, 3.63) is 53.9 Å². The Labute approximate surface area is 116 Å². The van der Waals surface area contributed by atoms with Gasteiger partial charge in [-0.15, -0.1) is 0 Å². The number of hydrogen-bond donors (Lipinski definition) is 2. The van der Waals surface area contributed by atoms with E-state index in [0.717, 1.165) is 34.9 Å². The first-order valence-corrected chi connectivity index (χ1v) is 6.51. The van der Waals surface area contributed by atoms with Gasteiger partial charge in [0.2, 0.25) is 5.78 Å². The van der Waals surface area contributed by atoms with Crippen LogP contribution in [-0.2, 0) is 6.42 Å². The Morgan fingerprint density at radius 1 is 1.40 bits per heavy atom. The summed E-state index contributed by atoms with van der Waals surface area (Å²) < 4.78 is 5.52. The number of carbonyl (C=O) groups excluding carboxylic acids is 1. The number of ether oxygens (including phenoxy) is 1. The molecule has 0 radical (unpaired) electrons. The van der Waals surface area contributed by atoms with Gasteiger partial charge in [0, 0.05) is 16.5 Å². The quantitative estimate of drug-likeness (QED) is 0.510. The fourth-order valence-electron chi connectivity index (χ4n) is 2.58. The highest BCUT2D eigenvalue weighted by atomic mass is 16.5. The number of aliphatic hydroxyl groups excluding tert-OH is 1. The molecule has 0 spiro atoms. The lowest BCUT2D eigenvalue weighted by molar-refractivity contribution is 0.101. The van der Waals surface area contributed by atoms with Gasteiger partial charge in [0.25, 0.3) is 0 Å². The smallest absolute Gasteiger partial charge is 0.208 e. The van der Waals surface area contributed by atoms with Crippen molar-refractivity contribution >= 4 is 16.7 Å². The number of aryl methyl sites for hydroxylation is 1. The number of allylic oxidation sites excluding steroid dienone is 1. The number of carbonyl (C=O) groups is 1. The van der Waals surface area contributed by atoms with Crippen molar-refractivity contribution in [1.29, 1.82) is 0 Å². The molecule has 2 aromatic rings. The SMILES string of the molecule is C=CCOc1ccc2[nH]c3c(c2c1)CCC(=CO)C3=O. The molecule has 1 aliphatic carbocycles. The number of aliphatic hydroxyl groups is 1. The second kappa shape index (κ2) is 4.89. The van der Waals surface area contributed by atoms with E-state index in [2.05, 4.69) is 11.6 Å². The molecule has 0 bridgehead atoms. The van der Waals surface area contributed by atoms with E-state index in [9.17, 15) is 4.79 Å². The van der Waals surface area contributed by atoms with E-state index in [1.807, 2.05) is 18.2 Å². The number of rotatable bonds is 3. The standard InChI is InChI=1S/C16H15NO3/c1-2-7-20-11-4-6-14-13(8-11)12-5-3-10(9-18)16(19)15(12)17-14/h2,4,6,8-9,17-18H,1,3,5,7H2. The van der Waals surface area contributed by atoms with E-state index in [4.69, 9.17) is 9.84 Å². The van der Waals surface area contributed by atoms with Crippen molar-refractivity contribution in [3.8, 4) is 5.75 Å². The van der Waals surface area contributed by atoms with E-state index in [1.165, 1.54) is 0 Å². The van der Waals surface area contributed by atoms with Crippen molar-refractivity contribution in [2.45, 2.75) is 12.8 Å². The Hall–Kier alpha value is -2.49. The molecule has 4 nitrogen and oxygen atoms in total. The van der Waals surface area contributed by atoms with Gasteiger partial charge in [0.15, 0.2) is 0 Å². The molecule has 0 unspecified atom stereocenters. The third-order valence-corrected chi connectivity index (χ3v) is 3.56. The minimum absolute atomic E-state index is 0.126. The van der Waals surface area contributed by atoms with Gasteiger partial charge >= 0.3 is 0 Å². The van der Waals surface area contributed by atoms with E-state index in [0.29, 0.717) is 24.3 Å². The first-order chi connectivity index (χ1) is 9.74. The first kappa shape index (κ1) is 12.5. The lowest BCUT2D eigenvalue weighted by Crippen LogP contribution is -2.13. The second-order valence-corrected chi connectivity index (χ2v) is 4.77. The summed E-state index contributed by atoms with van der Waals surface area (Å²) in [5, 5.41) is 10.1. The lowest BCUT2D eigenvalue weighted by atomic mass is 9.91. The molecule has 1 aliphatic rings. The maximum absolute atomic E-state index is 12.2. The summed E-state index contributed by atoms with van der Waals surface area (Å²) in [6, 6.07) is 5.71. The summed E-state index contributed by atoms with van der Waals surface area (Å²) in [5.74, 6) is 0.633. The topological polar surface area (TPSA) is 62.3 Å². The molecule has 3 rings (SSSR count). The largest absolute Gasteiger partial charge is 0.515 e. The zero-order valence-electron chi connectivity index (χ0n) is 11.0. The number of nitrogens with one attached hydrogen (secondary N) is 1. The monoisotopic (exact) mass is 269 g/mol. The molecule has 1 aromatic carbocycles. The van der Waals surface area contributed by atoms with Crippen molar-refractivity contribution < 1.29 is 14.6 Å². The molecule has 1 aromatic heterocycles. The van der Waals surface area contributed by atoms with Gasteiger partial charge in [-0.05, 0) is 36.6 Å². The molecular formula is C16H15NO3. The van der Waals surface area contributed by atoms with Gasteiger partial charge in [-0.25, -0.2) is 0 Å². The molecule has 0 amide bonds. The van der Waals surface area contributed by atoms with Crippen LogP contribution in [0.2, 0.25) is 0 Å². The number of H-pyrrole nitrogens is 1. The van der Waals surface area contributed by atoms with Crippen LogP contribution in [0.1, 0.15) is 22.5 Å². The second-order valence-electron chi connectivity index (χ2n) is 4.77. The van der Waals surface area contributed by atoms with Crippen molar-refractivity contribution in [2.75, 3.05) is 6.61 Å². The van der Waals surface area contributed by atoms with E-state index in [1.54, 1.807) is 6.08 Å². The predicted octanol–water partition coefficient (Wildman–Crippen LogP) is 3.30. The normalized spacial score (nSPS) is 16.4. The first-order valence-electron chi connectivity index (χ1n) is 6.51. The number of benzene rings is 1. The van der Waals surface area contributed by atoms with Gasteiger partial charge < -0.3 is 14.8 Å². The van der Waals surface area contributed by atoms with Crippen LogP contribution in [-0.4, -0.2) is 22.5 Å². The third kappa shape index (κ3) is 1.90. The summed E-state index contributed by atoms with van der Waals surface area (Å²) in [6.07, 6.45) is 3.90. The molecule has 0 saturated heterocycles. The average Bonchev–Trinajstić information content (AvgIpc) is 2.84. The van der Waals surface area contributed by atoms with E-state index >= 15 is 0 Å². The van der Waals surface area contributed by atoms with Gasteiger partial charge in [-0.2, -0.15) is 0 Å². The number of fused-ring (bicyclic) bond motifs is 3. The molecule has 2 N–H and O–H groups in total. The lowest BCUT2D eigenvalue weighted by Gasteiger charge is -2.12. The number of Topliss-reactive ketones (excluding diaryl/α,β-unsaturated/α-hetero) is 1. The average molecular weight is 269 g/mol. The van der Waals surface area contributed by atoms with E-state index in [-0.39, 0.29) is 5.78 Å². The third-order valence-electron chi connectivity index (χ3n) is 3.56. The van der Waals surface area contributed by atoms with Gasteiger partial charge in [0.1, 0.15) is 12.4 Å². The Morgan fingerprint density at radius 3 is 3.00 bits per heavy atom. The summed E-state index contributed by atoms with van der Waals surface area (Å²) in [6.45, 7) is 4.07. The van der Waals surface area contributed by atoms with Gasteiger partial charge in [-0.1, -0.05) is 12.7 Å². The Kier molecular flexibility index (Phi) is 3.06. The highest BCUT2D eigenvalue weighted by Crippen LogP contribution is 2.33. The number of hydrogen-bond acceptors (Lipinski definition) is 3. The number of ketones is 1. The van der Waals surface area contributed by atoms with Crippen LogP contribution >= 0.6 is 0 Å². The van der Waals surface area contributed by atoms with Crippen LogP contribution in [0, 0.1) is 0 Å².